The predicted octanol–water partition coefficient (Wildman–Crippen LogP) is 4.17. The molecule has 0 saturated carbocycles. The van der Waals surface area contributed by atoms with Crippen LogP contribution in [0, 0.1) is 23.0 Å². The number of ketones is 1. The van der Waals surface area contributed by atoms with Crippen molar-refractivity contribution >= 4 is 11.7 Å². The van der Waals surface area contributed by atoms with Gasteiger partial charge in [-0.25, -0.2) is 8.78 Å². The molecule has 2 atom stereocenters. The van der Waals surface area contributed by atoms with E-state index in [1.807, 2.05) is 0 Å². The first-order valence-electron chi connectivity index (χ1n) is 10.9. The molecule has 2 aromatic carbocycles. The number of carbonyl (C=O) groups excluding carboxylic acids is 2. The van der Waals surface area contributed by atoms with Gasteiger partial charge in [0, 0.05) is 31.0 Å². The maximum Gasteiger partial charge on any atom is 0.227 e. The highest BCUT2D eigenvalue weighted by Gasteiger charge is 2.51. The highest BCUT2D eigenvalue weighted by Crippen LogP contribution is 2.47. The maximum absolute atomic E-state index is 13.3. The third-order valence-corrected chi connectivity index (χ3v) is 6.88. The molecule has 164 valence electrons. The van der Waals surface area contributed by atoms with Crippen molar-refractivity contribution in [2.45, 2.75) is 32.1 Å². The zero-order valence-electron chi connectivity index (χ0n) is 17.7. The van der Waals surface area contributed by atoms with E-state index in [-0.39, 0.29) is 35.2 Å². The van der Waals surface area contributed by atoms with E-state index in [9.17, 15) is 18.4 Å². The Morgan fingerprint density at radius 3 is 2.26 bits per heavy atom. The van der Waals surface area contributed by atoms with Crippen LogP contribution in [0.3, 0.4) is 0 Å². The molecule has 2 aliphatic heterocycles. The number of nitrogens with zero attached hydrogens (tertiary/aromatic N) is 1. The lowest BCUT2D eigenvalue weighted by Gasteiger charge is -2.41. The van der Waals surface area contributed by atoms with Gasteiger partial charge >= 0.3 is 0 Å². The molecule has 0 bridgehead atoms. The standard InChI is InChI=1S/C25H28F2N2O2/c1-17(14-23(30)19-4-8-21(27)9-5-19)16-29-12-10-25(11-13-29)22(15-28-24(25)31)18-2-6-20(26)7-3-18/h2-9,17,22H,10-16H2,1H3,(H,28,31)/t17-,22+/m1/s1. The predicted molar refractivity (Wildman–Crippen MR) is 115 cm³/mol. The number of benzene rings is 2. The second-order valence-electron chi connectivity index (χ2n) is 9.01. The Labute approximate surface area is 181 Å². The number of hydrogen-bond donors (Lipinski definition) is 1. The molecule has 0 unspecified atom stereocenters. The Balaban J connectivity index is 1.35. The summed E-state index contributed by atoms with van der Waals surface area (Å²) in [5.41, 5.74) is 1.10. The molecule has 0 radical (unpaired) electrons. The summed E-state index contributed by atoms with van der Waals surface area (Å²) < 4.78 is 26.4. The summed E-state index contributed by atoms with van der Waals surface area (Å²) in [6, 6.07) is 12.2. The summed E-state index contributed by atoms with van der Waals surface area (Å²) in [5, 5.41) is 3.02. The molecular weight excluding hydrogens is 398 g/mol. The van der Waals surface area contributed by atoms with Crippen LogP contribution in [0.25, 0.3) is 0 Å². The zero-order valence-corrected chi connectivity index (χ0v) is 17.7. The van der Waals surface area contributed by atoms with Crippen LogP contribution in [0.1, 0.15) is 48.0 Å². The van der Waals surface area contributed by atoms with Gasteiger partial charge in [0.05, 0.1) is 5.41 Å². The van der Waals surface area contributed by atoms with Crippen LogP contribution in [0.15, 0.2) is 48.5 Å². The fraction of sp³-hybridized carbons (Fsp3) is 0.440. The van der Waals surface area contributed by atoms with E-state index >= 15 is 0 Å². The second-order valence-corrected chi connectivity index (χ2v) is 9.01. The molecule has 2 heterocycles. The SMILES string of the molecule is C[C@H](CC(=O)c1ccc(F)cc1)CN1CCC2(CC1)C(=O)NC[C@H]2c1ccc(F)cc1. The fourth-order valence-corrected chi connectivity index (χ4v) is 5.14. The molecule has 6 heteroatoms. The third-order valence-electron chi connectivity index (χ3n) is 6.88. The van der Waals surface area contributed by atoms with Crippen molar-refractivity contribution in [1.82, 2.24) is 10.2 Å². The molecule has 0 aliphatic carbocycles. The van der Waals surface area contributed by atoms with Crippen LogP contribution < -0.4 is 5.32 Å². The van der Waals surface area contributed by atoms with E-state index in [2.05, 4.69) is 17.1 Å². The van der Waals surface area contributed by atoms with Crippen LogP contribution in [0.2, 0.25) is 0 Å². The van der Waals surface area contributed by atoms with Gasteiger partial charge in [0.25, 0.3) is 0 Å². The number of hydrogen-bond acceptors (Lipinski definition) is 3. The maximum atomic E-state index is 13.3. The topological polar surface area (TPSA) is 49.4 Å². The largest absolute Gasteiger partial charge is 0.355 e. The van der Waals surface area contributed by atoms with Gasteiger partial charge in [-0.2, -0.15) is 0 Å². The lowest BCUT2D eigenvalue weighted by molar-refractivity contribution is -0.130. The van der Waals surface area contributed by atoms with Gasteiger partial charge in [-0.1, -0.05) is 19.1 Å². The van der Waals surface area contributed by atoms with E-state index in [0.29, 0.717) is 18.5 Å². The van der Waals surface area contributed by atoms with Crippen LogP contribution in [-0.4, -0.2) is 42.8 Å². The fourth-order valence-electron chi connectivity index (χ4n) is 5.14. The lowest BCUT2D eigenvalue weighted by Crippen LogP contribution is -2.47. The van der Waals surface area contributed by atoms with Crippen molar-refractivity contribution in [3.8, 4) is 0 Å². The molecule has 4 nitrogen and oxygen atoms in total. The summed E-state index contributed by atoms with van der Waals surface area (Å²) in [5.74, 6) is -0.276. The quantitative estimate of drug-likeness (QED) is 0.706. The molecule has 2 fully saturated rings. The molecule has 1 N–H and O–H groups in total. The molecular formula is C25H28F2N2O2. The van der Waals surface area contributed by atoms with Crippen LogP contribution in [0.4, 0.5) is 8.78 Å². The summed E-state index contributed by atoms with van der Waals surface area (Å²) in [7, 11) is 0. The van der Waals surface area contributed by atoms with Gasteiger partial charge in [0.15, 0.2) is 5.78 Å². The second kappa shape index (κ2) is 8.87. The highest BCUT2D eigenvalue weighted by molar-refractivity contribution is 5.96. The average molecular weight is 427 g/mol. The van der Waals surface area contributed by atoms with Crippen molar-refractivity contribution in [1.29, 1.82) is 0 Å². The van der Waals surface area contributed by atoms with E-state index < -0.39 is 5.41 Å². The minimum atomic E-state index is -0.443. The highest BCUT2D eigenvalue weighted by atomic mass is 19.1. The van der Waals surface area contributed by atoms with E-state index in [4.69, 9.17) is 0 Å². The third kappa shape index (κ3) is 4.54. The van der Waals surface area contributed by atoms with Crippen LogP contribution in [-0.2, 0) is 4.79 Å². The Hall–Kier alpha value is -2.60. The molecule has 31 heavy (non-hydrogen) atoms. The number of rotatable bonds is 6. The number of Topliss-reactive ketones (excluding diaryl/α,β-unsaturated/α-hetero) is 1. The van der Waals surface area contributed by atoms with Gasteiger partial charge < -0.3 is 10.2 Å². The van der Waals surface area contributed by atoms with Crippen molar-refractivity contribution < 1.29 is 18.4 Å². The summed E-state index contributed by atoms with van der Waals surface area (Å²) >= 11 is 0. The van der Waals surface area contributed by atoms with Crippen molar-refractivity contribution in [3.05, 3.63) is 71.3 Å². The molecule has 2 saturated heterocycles. The molecule has 0 aromatic heterocycles. The van der Waals surface area contributed by atoms with E-state index in [0.717, 1.165) is 38.0 Å². The van der Waals surface area contributed by atoms with Gasteiger partial charge in [0.2, 0.25) is 5.91 Å². The number of nitrogens with one attached hydrogen (secondary N) is 1. The Morgan fingerprint density at radius 1 is 1.06 bits per heavy atom. The first kappa shape index (κ1) is 21.6. The monoisotopic (exact) mass is 426 g/mol. The van der Waals surface area contributed by atoms with Gasteiger partial charge in [-0.05, 0) is 73.8 Å². The molecule has 1 amide bonds. The van der Waals surface area contributed by atoms with Crippen LogP contribution >= 0.6 is 0 Å². The molecule has 1 spiro atoms. The Kier molecular flexibility index (Phi) is 6.19. The first-order chi connectivity index (χ1) is 14.9. The van der Waals surface area contributed by atoms with Crippen molar-refractivity contribution in [3.63, 3.8) is 0 Å². The minimum Gasteiger partial charge on any atom is -0.355 e. The molecule has 2 aliphatic rings. The van der Waals surface area contributed by atoms with Gasteiger partial charge in [-0.15, -0.1) is 0 Å². The normalized spacial score (nSPS) is 21.8. The summed E-state index contributed by atoms with van der Waals surface area (Å²) in [6.45, 7) is 5.01. The lowest BCUT2D eigenvalue weighted by atomic mass is 9.68. The van der Waals surface area contributed by atoms with Crippen LogP contribution in [0.5, 0.6) is 0 Å². The average Bonchev–Trinajstić information content (AvgIpc) is 3.06. The van der Waals surface area contributed by atoms with Gasteiger partial charge in [-0.3, -0.25) is 9.59 Å². The number of piperidine rings is 1. The first-order valence-corrected chi connectivity index (χ1v) is 10.9. The number of carbonyl (C=O) groups is 2. The van der Waals surface area contributed by atoms with Crippen molar-refractivity contribution in [2.24, 2.45) is 11.3 Å². The number of amides is 1. The summed E-state index contributed by atoms with van der Waals surface area (Å²) in [4.78, 5) is 27.6. The Bertz CT molecular complexity index is 935. The molecule has 4 rings (SSSR count). The molecule has 2 aromatic rings. The smallest absolute Gasteiger partial charge is 0.227 e. The minimum absolute atomic E-state index is 0.0209. The van der Waals surface area contributed by atoms with Gasteiger partial charge in [0.1, 0.15) is 11.6 Å². The summed E-state index contributed by atoms with van der Waals surface area (Å²) in [6.07, 6.45) is 1.91. The zero-order chi connectivity index (χ0) is 22.0. The number of halogens is 2. The van der Waals surface area contributed by atoms with Crippen molar-refractivity contribution in [2.75, 3.05) is 26.2 Å². The van der Waals surface area contributed by atoms with E-state index in [1.54, 1.807) is 12.1 Å². The Morgan fingerprint density at radius 2 is 1.65 bits per heavy atom. The number of likely N-dealkylation sites (tertiary alicyclic amines) is 1. The van der Waals surface area contributed by atoms with E-state index in [1.165, 1.54) is 36.4 Å².